The van der Waals surface area contributed by atoms with Crippen LogP contribution in [0.25, 0.3) is 10.9 Å². The molecule has 0 bridgehead atoms. The summed E-state index contributed by atoms with van der Waals surface area (Å²) in [7, 11) is 0. The molecule has 1 saturated heterocycles. The zero-order valence-corrected chi connectivity index (χ0v) is 16.2. The van der Waals surface area contributed by atoms with Crippen LogP contribution in [-0.4, -0.2) is 45.1 Å². The number of aliphatic hydroxyl groups excluding tert-OH is 1. The topological polar surface area (TPSA) is 98.3 Å². The van der Waals surface area contributed by atoms with E-state index in [1.54, 1.807) is 24.4 Å². The number of aromatic amines is 1. The first-order valence-electron chi connectivity index (χ1n) is 9.60. The monoisotopic (exact) mass is 432 g/mol. The fraction of sp³-hybridized carbons (Fsp3) is 0.286. The van der Waals surface area contributed by atoms with Crippen molar-refractivity contribution in [1.82, 2.24) is 15.1 Å². The predicted octanol–water partition coefficient (Wildman–Crippen LogP) is 3.10. The molecule has 2 aromatic carbocycles. The highest BCUT2D eigenvalue weighted by Crippen LogP contribution is 2.30. The second kappa shape index (κ2) is 8.03. The molecule has 2 amide bonds. The van der Waals surface area contributed by atoms with E-state index in [0.717, 1.165) is 35.2 Å². The van der Waals surface area contributed by atoms with Gasteiger partial charge in [-0.25, -0.2) is 0 Å². The van der Waals surface area contributed by atoms with Gasteiger partial charge < -0.3 is 15.3 Å². The second-order valence-corrected chi connectivity index (χ2v) is 7.45. The normalized spacial score (nSPS) is 17.7. The van der Waals surface area contributed by atoms with Crippen LogP contribution in [0.1, 0.15) is 23.7 Å². The third kappa shape index (κ3) is 4.38. The van der Waals surface area contributed by atoms with E-state index in [1.165, 1.54) is 4.90 Å². The summed E-state index contributed by atoms with van der Waals surface area (Å²) >= 11 is 0. The lowest BCUT2D eigenvalue weighted by Gasteiger charge is -2.20. The number of nitrogens with zero attached hydrogens (tertiary/aromatic N) is 2. The molecule has 0 spiro atoms. The molecule has 7 nitrogen and oxygen atoms in total. The Bertz CT molecular complexity index is 1110. The SMILES string of the molecule is O=C(Nc1ccc2[nH]ncc2c1)C1CCN(C(=O)C(O)c2ccc(C(F)(F)F)cc2)C1. The number of H-pyrrole nitrogens is 1. The quantitative estimate of drug-likeness (QED) is 0.590. The Balaban J connectivity index is 1.37. The molecule has 1 aliphatic rings. The molecule has 3 aromatic rings. The Labute approximate surface area is 174 Å². The lowest BCUT2D eigenvalue weighted by Crippen LogP contribution is -2.35. The second-order valence-electron chi connectivity index (χ2n) is 7.45. The van der Waals surface area contributed by atoms with Crippen LogP contribution in [0.3, 0.4) is 0 Å². The number of halogens is 3. The molecule has 2 atom stereocenters. The molecule has 0 radical (unpaired) electrons. The number of amides is 2. The van der Waals surface area contributed by atoms with Crippen LogP contribution >= 0.6 is 0 Å². The van der Waals surface area contributed by atoms with Gasteiger partial charge in [0.1, 0.15) is 0 Å². The summed E-state index contributed by atoms with van der Waals surface area (Å²) in [6.45, 7) is 0.395. The number of fused-ring (bicyclic) bond motifs is 1. The molecule has 31 heavy (non-hydrogen) atoms. The third-order valence-electron chi connectivity index (χ3n) is 5.37. The molecule has 3 N–H and O–H groups in total. The van der Waals surface area contributed by atoms with Crippen molar-refractivity contribution in [3.8, 4) is 0 Å². The molecule has 10 heteroatoms. The number of alkyl halides is 3. The number of likely N-dealkylation sites (tertiary alicyclic amines) is 1. The van der Waals surface area contributed by atoms with Crippen molar-refractivity contribution in [3.05, 3.63) is 59.8 Å². The summed E-state index contributed by atoms with van der Waals surface area (Å²) in [5.41, 5.74) is 0.656. The molecule has 1 aliphatic heterocycles. The van der Waals surface area contributed by atoms with Crippen molar-refractivity contribution in [2.24, 2.45) is 5.92 Å². The Morgan fingerprint density at radius 1 is 1.19 bits per heavy atom. The van der Waals surface area contributed by atoms with Crippen LogP contribution in [0.2, 0.25) is 0 Å². The van der Waals surface area contributed by atoms with E-state index in [1.807, 2.05) is 0 Å². The summed E-state index contributed by atoms with van der Waals surface area (Å²) in [4.78, 5) is 26.5. The van der Waals surface area contributed by atoms with Gasteiger partial charge in [-0.1, -0.05) is 12.1 Å². The van der Waals surface area contributed by atoms with Crippen molar-refractivity contribution in [2.75, 3.05) is 18.4 Å². The molecule has 2 heterocycles. The average Bonchev–Trinajstić information content (AvgIpc) is 3.41. The standard InChI is InChI=1S/C21H19F3N4O3/c22-21(23,24)15-3-1-12(2-4-15)18(29)20(31)28-8-7-13(11-28)19(30)26-16-5-6-17-14(9-16)10-25-27-17/h1-6,9-10,13,18,29H,7-8,11H2,(H,25,27)(H,26,30). The Morgan fingerprint density at radius 2 is 1.94 bits per heavy atom. The van der Waals surface area contributed by atoms with Gasteiger partial charge in [-0.15, -0.1) is 0 Å². The van der Waals surface area contributed by atoms with E-state index in [-0.39, 0.29) is 24.6 Å². The molecule has 4 rings (SSSR count). The zero-order chi connectivity index (χ0) is 22.2. The van der Waals surface area contributed by atoms with Crippen molar-refractivity contribution in [1.29, 1.82) is 0 Å². The molecule has 0 aliphatic carbocycles. The number of hydrogen-bond donors (Lipinski definition) is 3. The van der Waals surface area contributed by atoms with Crippen molar-refractivity contribution < 1.29 is 27.9 Å². The fourth-order valence-electron chi connectivity index (χ4n) is 3.61. The largest absolute Gasteiger partial charge is 0.416 e. The van der Waals surface area contributed by atoms with Crippen molar-refractivity contribution in [3.63, 3.8) is 0 Å². The van der Waals surface area contributed by atoms with Crippen molar-refractivity contribution >= 4 is 28.4 Å². The molecule has 1 fully saturated rings. The molecular formula is C21H19F3N4O3. The number of anilines is 1. The van der Waals surface area contributed by atoms with Crippen LogP contribution in [-0.2, 0) is 15.8 Å². The number of rotatable bonds is 4. The maximum Gasteiger partial charge on any atom is 0.416 e. The van der Waals surface area contributed by atoms with E-state index < -0.39 is 29.7 Å². The molecule has 162 valence electrons. The first-order chi connectivity index (χ1) is 14.7. The summed E-state index contributed by atoms with van der Waals surface area (Å²) < 4.78 is 38.0. The Morgan fingerprint density at radius 3 is 2.65 bits per heavy atom. The number of nitrogens with one attached hydrogen (secondary N) is 2. The van der Waals surface area contributed by atoms with Crippen LogP contribution in [0.4, 0.5) is 18.9 Å². The highest BCUT2D eigenvalue weighted by Gasteiger charge is 2.35. The van der Waals surface area contributed by atoms with E-state index in [2.05, 4.69) is 15.5 Å². The molecule has 0 saturated carbocycles. The Hall–Kier alpha value is -3.40. The lowest BCUT2D eigenvalue weighted by molar-refractivity contribution is -0.139. The summed E-state index contributed by atoms with van der Waals surface area (Å²) in [5.74, 6) is -1.35. The number of carbonyl (C=O) groups is 2. The maximum absolute atomic E-state index is 12.7. The lowest BCUT2D eigenvalue weighted by atomic mass is 10.1. The number of aliphatic hydroxyl groups is 1. The third-order valence-corrected chi connectivity index (χ3v) is 5.37. The van der Waals surface area contributed by atoms with Crippen LogP contribution in [0.15, 0.2) is 48.7 Å². The highest BCUT2D eigenvalue weighted by atomic mass is 19.4. The van der Waals surface area contributed by atoms with E-state index in [0.29, 0.717) is 12.1 Å². The van der Waals surface area contributed by atoms with Crippen LogP contribution in [0.5, 0.6) is 0 Å². The van der Waals surface area contributed by atoms with Gasteiger partial charge in [0.15, 0.2) is 6.10 Å². The minimum atomic E-state index is -4.49. The number of aromatic nitrogens is 2. The molecule has 1 aromatic heterocycles. The van der Waals surface area contributed by atoms with Gasteiger partial charge in [-0.05, 0) is 42.3 Å². The number of benzene rings is 2. The first-order valence-corrected chi connectivity index (χ1v) is 9.60. The van der Waals surface area contributed by atoms with E-state index in [4.69, 9.17) is 0 Å². The van der Waals surface area contributed by atoms with E-state index >= 15 is 0 Å². The minimum absolute atomic E-state index is 0.0688. The van der Waals surface area contributed by atoms with Gasteiger partial charge in [0.2, 0.25) is 5.91 Å². The van der Waals surface area contributed by atoms with Crippen LogP contribution in [0, 0.1) is 5.92 Å². The minimum Gasteiger partial charge on any atom is -0.378 e. The van der Waals surface area contributed by atoms with Crippen LogP contribution < -0.4 is 5.32 Å². The van der Waals surface area contributed by atoms with Gasteiger partial charge in [-0.3, -0.25) is 14.7 Å². The smallest absolute Gasteiger partial charge is 0.378 e. The molecule has 2 unspecified atom stereocenters. The van der Waals surface area contributed by atoms with Gasteiger partial charge in [0, 0.05) is 24.2 Å². The summed E-state index contributed by atoms with van der Waals surface area (Å²) in [6, 6.07) is 9.12. The van der Waals surface area contributed by atoms with Gasteiger partial charge in [0.05, 0.1) is 23.2 Å². The number of hydrogen-bond acceptors (Lipinski definition) is 4. The molecular weight excluding hydrogens is 413 g/mol. The van der Waals surface area contributed by atoms with Gasteiger partial charge in [-0.2, -0.15) is 18.3 Å². The predicted molar refractivity (Wildman–Crippen MR) is 106 cm³/mol. The zero-order valence-electron chi connectivity index (χ0n) is 16.2. The maximum atomic E-state index is 12.7. The summed E-state index contributed by atoms with van der Waals surface area (Å²) in [5, 5.41) is 20.7. The first kappa shape index (κ1) is 20.9. The van der Waals surface area contributed by atoms with E-state index in [9.17, 15) is 27.9 Å². The van der Waals surface area contributed by atoms with Gasteiger partial charge >= 0.3 is 6.18 Å². The van der Waals surface area contributed by atoms with Gasteiger partial charge in [0.25, 0.3) is 5.91 Å². The summed E-state index contributed by atoms with van der Waals surface area (Å²) in [6.07, 6.45) is -4.02. The Kier molecular flexibility index (Phi) is 5.40. The van der Waals surface area contributed by atoms with Crippen molar-refractivity contribution in [2.45, 2.75) is 18.7 Å². The highest BCUT2D eigenvalue weighted by molar-refractivity contribution is 5.95. The average molecular weight is 432 g/mol. The fourth-order valence-corrected chi connectivity index (χ4v) is 3.61. The number of carbonyl (C=O) groups excluding carboxylic acids is 2.